The minimum atomic E-state index is -3.76. The lowest BCUT2D eigenvalue weighted by atomic mass is 9.92. The SMILES string of the molecule is CCc1cc(-c2c(-c3ccncc3)n[nH]c2C)ccc1-c1cccc(S(N)(=O)=O)c1. The monoisotopic (exact) mass is 418 g/mol. The van der Waals surface area contributed by atoms with Crippen LogP contribution in [0.3, 0.4) is 0 Å². The van der Waals surface area contributed by atoms with Gasteiger partial charge in [0.1, 0.15) is 5.69 Å². The molecule has 6 nitrogen and oxygen atoms in total. The number of nitrogens with zero attached hydrogens (tertiary/aromatic N) is 2. The summed E-state index contributed by atoms with van der Waals surface area (Å²) in [5.74, 6) is 0. The summed E-state index contributed by atoms with van der Waals surface area (Å²) in [7, 11) is -3.76. The van der Waals surface area contributed by atoms with Crippen molar-refractivity contribution < 1.29 is 8.42 Å². The molecule has 0 fully saturated rings. The molecule has 3 N–H and O–H groups in total. The maximum atomic E-state index is 11.8. The van der Waals surface area contributed by atoms with Gasteiger partial charge in [0, 0.05) is 29.2 Å². The Hall–Kier alpha value is -3.29. The Balaban J connectivity index is 1.83. The van der Waals surface area contributed by atoms with E-state index in [0.29, 0.717) is 0 Å². The Morgan fingerprint density at radius 1 is 0.967 bits per heavy atom. The van der Waals surface area contributed by atoms with E-state index < -0.39 is 10.0 Å². The van der Waals surface area contributed by atoms with Crippen LogP contribution in [0.5, 0.6) is 0 Å². The lowest BCUT2D eigenvalue weighted by Crippen LogP contribution is -2.12. The first kappa shape index (κ1) is 20.0. The van der Waals surface area contributed by atoms with Crippen molar-refractivity contribution in [3.8, 4) is 33.5 Å². The van der Waals surface area contributed by atoms with E-state index in [1.807, 2.05) is 37.3 Å². The van der Waals surface area contributed by atoms with Crippen LogP contribution in [0.15, 0.2) is 71.9 Å². The van der Waals surface area contributed by atoms with Gasteiger partial charge in [0.15, 0.2) is 0 Å². The highest BCUT2D eigenvalue weighted by atomic mass is 32.2. The van der Waals surface area contributed by atoms with Crippen molar-refractivity contribution in [2.75, 3.05) is 0 Å². The number of benzene rings is 2. The lowest BCUT2D eigenvalue weighted by Gasteiger charge is -2.13. The summed E-state index contributed by atoms with van der Waals surface area (Å²) in [6.45, 7) is 4.08. The third-order valence-electron chi connectivity index (χ3n) is 5.15. The molecular formula is C23H22N4O2S. The third kappa shape index (κ3) is 3.77. The zero-order chi connectivity index (χ0) is 21.3. The summed E-state index contributed by atoms with van der Waals surface area (Å²) in [5, 5.41) is 12.9. The van der Waals surface area contributed by atoms with Crippen LogP contribution in [0.25, 0.3) is 33.5 Å². The zero-order valence-corrected chi connectivity index (χ0v) is 17.6. The van der Waals surface area contributed by atoms with Crippen LogP contribution in [0.4, 0.5) is 0 Å². The van der Waals surface area contributed by atoms with Gasteiger partial charge in [-0.25, -0.2) is 13.6 Å². The number of H-pyrrole nitrogens is 1. The molecule has 4 aromatic rings. The Kier molecular flexibility index (Phi) is 5.24. The van der Waals surface area contributed by atoms with E-state index in [-0.39, 0.29) is 4.90 Å². The number of nitrogens with one attached hydrogen (secondary N) is 1. The number of aromatic amines is 1. The predicted octanol–water partition coefficient (Wildman–Crippen LogP) is 4.32. The summed E-state index contributed by atoms with van der Waals surface area (Å²) < 4.78 is 23.5. The Morgan fingerprint density at radius 2 is 1.73 bits per heavy atom. The fraction of sp³-hybridized carbons (Fsp3) is 0.130. The molecule has 2 aromatic heterocycles. The van der Waals surface area contributed by atoms with Crippen LogP contribution in [-0.4, -0.2) is 23.6 Å². The summed E-state index contributed by atoms with van der Waals surface area (Å²) in [4.78, 5) is 4.20. The first-order chi connectivity index (χ1) is 14.4. The largest absolute Gasteiger partial charge is 0.282 e. The fourth-order valence-corrected chi connectivity index (χ4v) is 4.22. The van der Waals surface area contributed by atoms with E-state index in [9.17, 15) is 8.42 Å². The molecule has 0 saturated heterocycles. The normalized spacial score (nSPS) is 11.6. The van der Waals surface area contributed by atoms with Gasteiger partial charge in [-0.15, -0.1) is 0 Å². The Morgan fingerprint density at radius 3 is 2.43 bits per heavy atom. The van der Waals surface area contributed by atoms with E-state index in [1.165, 1.54) is 6.07 Å². The number of aryl methyl sites for hydroxylation is 2. The van der Waals surface area contributed by atoms with Crippen LogP contribution in [-0.2, 0) is 16.4 Å². The van der Waals surface area contributed by atoms with E-state index in [2.05, 4.69) is 28.2 Å². The molecule has 0 saturated carbocycles. The minimum Gasteiger partial charge on any atom is -0.282 e. The van der Waals surface area contributed by atoms with Crippen molar-refractivity contribution in [3.05, 3.63) is 78.2 Å². The van der Waals surface area contributed by atoms with Gasteiger partial charge in [-0.2, -0.15) is 5.10 Å². The van der Waals surface area contributed by atoms with Gasteiger partial charge >= 0.3 is 0 Å². The smallest absolute Gasteiger partial charge is 0.238 e. The van der Waals surface area contributed by atoms with Gasteiger partial charge < -0.3 is 0 Å². The van der Waals surface area contributed by atoms with Crippen LogP contribution >= 0.6 is 0 Å². The standard InChI is InChI=1S/C23H22N4O2S/c1-3-16-13-19(22-15(2)26-27-23(22)17-9-11-25-12-10-17)7-8-21(16)18-5-4-6-20(14-18)30(24,28)29/h4-14H,3H2,1-2H3,(H,26,27)(H2,24,28,29). The molecule has 0 amide bonds. The van der Waals surface area contributed by atoms with Crippen LogP contribution in [0.1, 0.15) is 18.2 Å². The molecular weight excluding hydrogens is 396 g/mol. The van der Waals surface area contributed by atoms with Crippen LogP contribution in [0.2, 0.25) is 0 Å². The average Bonchev–Trinajstić information content (AvgIpc) is 3.15. The number of nitrogens with two attached hydrogens (primary N) is 1. The van der Waals surface area contributed by atoms with E-state index >= 15 is 0 Å². The highest BCUT2D eigenvalue weighted by Crippen LogP contribution is 2.36. The average molecular weight is 419 g/mol. The van der Waals surface area contributed by atoms with Gasteiger partial charge in [0.05, 0.1) is 4.90 Å². The Labute approximate surface area is 175 Å². The molecule has 0 atom stereocenters. The third-order valence-corrected chi connectivity index (χ3v) is 6.06. The van der Waals surface area contributed by atoms with Gasteiger partial charge in [-0.05, 0) is 59.9 Å². The molecule has 0 aliphatic carbocycles. The second-order valence-electron chi connectivity index (χ2n) is 7.11. The van der Waals surface area contributed by atoms with Crippen molar-refractivity contribution >= 4 is 10.0 Å². The van der Waals surface area contributed by atoms with Gasteiger partial charge in [-0.1, -0.05) is 37.3 Å². The van der Waals surface area contributed by atoms with Crippen molar-refractivity contribution in [1.29, 1.82) is 0 Å². The lowest BCUT2D eigenvalue weighted by molar-refractivity contribution is 0.598. The van der Waals surface area contributed by atoms with Gasteiger partial charge in [0.25, 0.3) is 0 Å². The van der Waals surface area contributed by atoms with E-state index in [0.717, 1.165) is 51.2 Å². The van der Waals surface area contributed by atoms with Crippen LogP contribution in [0, 0.1) is 6.92 Å². The van der Waals surface area contributed by atoms with Crippen molar-refractivity contribution in [1.82, 2.24) is 15.2 Å². The second-order valence-corrected chi connectivity index (χ2v) is 8.67. The molecule has 0 aliphatic heterocycles. The van der Waals surface area contributed by atoms with Crippen molar-refractivity contribution in [2.45, 2.75) is 25.2 Å². The molecule has 152 valence electrons. The quantitative estimate of drug-likeness (QED) is 0.504. The molecule has 0 aliphatic rings. The maximum absolute atomic E-state index is 11.8. The molecule has 2 aromatic carbocycles. The molecule has 0 bridgehead atoms. The molecule has 4 rings (SSSR count). The maximum Gasteiger partial charge on any atom is 0.238 e. The first-order valence-corrected chi connectivity index (χ1v) is 11.1. The topological polar surface area (TPSA) is 102 Å². The predicted molar refractivity (Wildman–Crippen MR) is 118 cm³/mol. The molecule has 2 heterocycles. The number of sulfonamides is 1. The van der Waals surface area contributed by atoms with Crippen LogP contribution < -0.4 is 5.14 Å². The number of pyridine rings is 1. The first-order valence-electron chi connectivity index (χ1n) is 9.60. The molecule has 0 radical (unpaired) electrons. The van der Waals surface area contributed by atoms with Crippen molar-refractivity contribution in [3.63, 3.8) is 0 Å². The van der Waals surface area contributed by atoms with Crippen molar-refractivity contribution in [2.24, 2.45) is 5.14 Å². The summed E-state index contributed by atoms with van der Waals surface area (Å²) in [5.41, 5.74) is 7.86. The van der Waals surface area contributed by atoms with Gasteiger partial charge in [-0.3, -0.25) is 10.1 Å². The molecule has 0 unspecified atom stereocenters. The summed E-state index contributed by atoms with van der Waals surface area (Å²) in [6, 6.07) is 16.8. The van der Waals surface area contributed by atoms with Gasteiger partial charge in [0.2, 0.25) is 10.0 Å². The molecule has 0 spiro atoms. The Bertz CT molecular complexity index is 1310. The summed E-state index contributed by atoms with van der Waals surface area (Å²) >= 11 is 0. The highest BCUT2D eigenvalue weighted by Gasteiger charge is 2.16. The van der Waals surface area contributed by atoms with E-state index in [1.54, 1.807) is 24.5 Å². The number of primary sulfonamides is 1. The zero-order valence-electron chi connectivity index (χ0n) is 16.8. The highest BCUT2D eigenvalue weighted by molar-refractivity contribution is 7.89. The second kappa shape index (κ2) is 7.85. The van der Waals surface area contributed by atoms with E-state index in [4.69, 9.17) is 5.14 Å². The summed E-state index contributed by atoms with van der Waals surface area (Å²) in [6.07, 6.45) is 4.30. The molecule has 30 heavy (non-hydrogen) atoms. The fourth-order valence-electron chi connectivity index (χ4n) is 3.67. The molecule has 7 heteroatoms. The number of rotatable bonds is 5. The minimum absolute atomic E-state index is 0.108. The number of hydrogen-bond acceptors (Lipinski definition) is 4. The number of aromatic nitrogens is 3. The number of hydrogen-bond donors (Lipinski definition) is 2.